The average molecular weight is 454 g/mol. The fourth-order valence-corrected chi connectivity index (χ4v) is 4.68. The average Bonchev–Trinajstić information content (AvgIpc) is 3.21. The van der Waals surface area contributed by atoms with Gasteiger partial charge in [0.1, 0.15) is 5.82 Å². The third-order valence-corrected chi connectivity index (χ3v) is 6.54. The molecular weight excluding hydrogens is 425 g/mol. The van der Waals surface area contributed by atoms with Crippen molar-refractivity contribution in [3.8, 4) is 5.69 Å². The molecule has 1 saturated heterocycles. The number of nitrogens with zero attached hydrogens (tertiary/aromatic N) is 4. The van der Waals surface area contributed by atoms with E-state index in [1.54, 1.807) is 12.1 Å². The number of halogens is 1. The van der Waals surface area contributed by atoms with Crippen molar-refractivity contribution in [2.75, 3.05) is 18.8 Å². The Kier molecular flexibility index (Phi) is 7.55. The smallest absolute Gasteiger partial charge is 0.230 e. The predicted molar refractivity (Wildman–Crippen MR) is 124 cm³/mol. The summed E-state index contributed by atoms with van der Waals surface area (Å²) in [5.41, 5.74) is 1.85. The molecule has 1 aliphatic heterocycles. The summed E-state index contributed by atoms with van der Waals surface area (Å²) in [5.74, 6) is 0.719. The van der Waals surface area contributed by atoms with Gasteiger partial charge in [-0.05, 0) is 62.7 Å². The van der Waals surface area contributed by atoms with E-state index in [4.69, 9.17) is 0 Å². The number of rotatable bonds is 8. The minimum atomic E-state index is -0.288. The van der Waals surface area contributed by atoms with E-state index in [-0.39, 0.29) is 23.5 Å². The number of hydrogen-bond donors (Lipinski definition) is 1. The van der Waals surface area contributed by atoms with E-state index in [1.807, 2.05) is 37.3 Å². The molecule has 168 valence electrons. The zero-order valence-electron chi connectivity index (χ0n) is 18.2. The zero-order chi connectivity index (χ0) is 22.3. The lowest BCUT2D eigenvalue weighted by atomic mass is 10.1. The van der Waals surface area contributed by atoms with Crippen molar-refractivity contribution in [1.82, 2.24) is 25.0 Å². The zero-order valence-corrected chi connectivity index (χ0v) is 19.0. The van der Waals surface area contributed by atoms with Crippen molar-refractivity contribution < 1.29 is 9.18 Å². The molecule has 3 aromatic rings. The first-order valence-corrected chi connectivity index (χ1v) is 12.0. The summed E-state index contributed by atoms with van der Waals surface area (Å²) >= 11 is 1.37. The van der Waals surface area contributed by atoms with Crippen LogP contribution in [0.1, 0.15) is 43.6 Å². The number of thioether (sulfide) groups is 1. The third kappa shape index (κ3) is 5.75. The summed E-state index contributed by atoms with van der Waals surface area (Å²) in [6, 6.07) is 16.0. The number of aromatic nitrogens is 3. The monoisotopic (exact) mass is 453 g/mol. The molecule has 1 N–H and O–H groups in total. The van der Waals surface area contributed by atoms with Gasteiger partial charge in [0, 0.05) is 5.69 Å². The normalized spacial score (nSPS) is 15.4. The number of likely N-dealkylation sites (tertiary alicyclic amines) is 1. The first-order valence-electron chi connectivity index (χ1n) is 11.0. The Morgan fingerprint density at radius 2 is 1.78 bits per heavy atom. The minimum Gasteiger partial charge on any atom is -0.349 e. The first kappa shape index (κ1) is 22.5. The van der Waals surface area contributed by atoms with Crippen molar-refractivity contribution in [3.63, 3.8) is 0 Å². The van der Waals surface area contributed by atoms with E-state index in [0.29, 0.717) is 5.16 Å². The van der Waals surface area contributed by atoms with Gasteiger partial charge in [0.2, 0.25) is 5.91 Å². The third-order valence-electron chi connectivity index (χ3n) is 5.61. The fourth-order valence-electron chi connectivity index (χ4n) is 3.90. The van der Waals surface area contributed by atoms with Gasteiger partial charge in [-0.25, -0.2) is 4.39 Å². The summed E-state index contributed by atoms with van der Waals surface area (Å²) < 4.78 is 15.2. The number of benzene rings is 2. The Hall–Kier alpha value is -2.71. The highest BCUT2D eigenvalue weighted by molar-refractivity contribution is 7.99. The molecule has 1 aliphatic rings. The van der Waals surface area contributed by atoms with Gasteiger partial charge < -0.3 is 5.32 Å². The summed E-state index contributed by atoms with van der Waals surface area (Å²) in [6.07, 6.45) is 3.72. The lowest BCUT2D eigenvalue weighted by Crippen LogP contribution is -2.30. The summed E-state index contributed by atoms with van der Waals surface area (Å²) in [7, 11) is 0. The van der Waals surface area contributed by atoms with Crippen LogP contribution in [0.25, 0.3) is 5.69 Å². The molecule has 4 rings (SSSR count). The Bertz CT molecular complexity index is 1020. The summed E-state index contributed by atoms with van der Waals surface area (Å²) in [5, 5.41) is 12.5. The van der Waals surface area contributed by atoms with Crippen LogP contribution in [-0.4, -0.2) is 44.4 Å². The van der Waals surface area contributed by atoms with Crippen molar-refractivity contribution in [3.05, 3.63) is 71.8 Å². The Balaban J connectivity index is 1.44. The molecule has 1 amide bonds. The molecule has 1 unspecified atom stereocenters. The molecule has 1 fully saturated rings. The van der Waals surface area contributed by atoms with Crippen molar-refractivity contribution in [2.45, 2.75) is 43.9 Å². The largest absolute Gasteiger partial charge is 0.349 e. The maximum atomic E-state index is 13.1. The lowest BCUT2D eigenvalue weighted by molar-refractivity contribution is -0.119. The van der Waals surface area contributed by atoms with Crippen LogP contribution in [0.15, 0.2) is 59.8 Å². The van der Waals surface area contributed by atoms with E-state index in [2.05, 4.69) is 25.0 Å². The van der Waals surface area contributed by atoms with Crippen molar-refractivity contribution >= 4 is 17.7 Å². The molecule has 8 heteroatoms. The second kappa shape index (κ2) is 10.7. The Morgan fingerprint density at radius 1 is 1.06 bits per heavy atom. The number of para-hydroxylation sites is 1. The van der Waals surface area contributed by atoms with Gasteiger partial charge in [0.25, 0.3) is 0 Å². The quantitative estimate of drug-likeness (QED) is 0.514. The summed E-state index contributed by atoms with van der Waals surface area (Å²) in [6.45, 7) is 4.79. The molecule has 0 radical (unpaired) electrons. The second-order valence-electron chi connectivity index (χ2n) is 8.04. The van der Waals surface area contributed by atoms with Crippen LogP contribution in [0, 0.1) is 5.82 Å². The van der Waals surface area contributed by atoms with Crippen LogP contribution >= 0.6 is 11.8 Å². The van der Waals surface area contributed by atoms with Gasteiger partial charge in [-0.15, -0.1) is 10.2 Å². The molecule has 1 aromatic heterocycles. The molecular formula is C24H28FN5OS. The highest BCUT2D eigenvalue weighted by Crippen LogP contribution is 2.24. The van der Waals surface area contributed by atoms with Gasteiger partial charge in [-0.1, -0.05) is 48.5 Å². The van der Waals surface area contributed by atoms with E-state index < -0.39 is 0 Å². The molecule has 6 nitrogen and oxygen atoms in total. The van der Waals surface area contributed by atoms with Crippen molar-refractivity contribution in [1.29, 1.82) is 0 Å². The van der Waals surface area contributed by atoms with Gasteiger partial charge >= 0.3 is 0 Å². The number of amides is 1. The topological polar surface area (TPSA) is 63.1 Å². The van der Waals surface area contributed by atoms with Gasteiger partial charge in [-0.3, -0.25) is 14.3 Å². The van der Waals surface area contributed by atoms with E-state index >= 15 is 0 Å². The van der Waals surface area contributed by atoms with E-state index in [0.717, 1.165) is 36.7 Å². The Labute approximate surface area is 192 Å². The van der Waals surface area contributed by atoms with Crippen LogP contribution in [0.5, 0.6) is 0 Å². The van der Waals surface area contributed by atoms with Crippen LogP contribution < -0.4 is 5.32 Å². The maximum absolute atomic E-state index is 13.1. The molecule has 0 aliphatic carbocycles. The number of piperidine rings is 1. The molecule has 2 aromatic carbocycles. The molecule has 0 spiro atoms. The van der Waals surface area contributed by atoms with Crippen LogP contribution in [0.4, 0.5) is 4.39 Å². The molecule has 32 heavy (non-hydrogen) atoms. The molecule has 2 heterocycles. The highest BCUT2D eigenvalue weighted by atomic mass is 32.2. The standard InChI is InChI=1S/C24H28FN5OS/c1-18(19-10-12-20(25)13-11-19)26-23(31)17-32-24-28-27-22(16-29-14-6-3-7-15-29)30(24)21-8-4-2-5-9-21/h2,4-5,8-13,18H,3,6-7,14-17H2,1H3,(H,26,31). The van der Waals surface area contributed by atoms with E-state index in [9.17, 15) is 9.18 Å². The van der Waals surface area contributed by atoms with Crippen LogP contribution in [0.2, 0.25) is 0 Å². The van der Waals surface area contributed by atoms with Crippen LogP contribution in [-0.2, 0) is 11.3 Å². The lowest BCUT2D eigenvalue weighted by Gasteiger charge is -2.26. The SMILES string of the molecule is CC(NC(=O)CSc1nnc(CN2CCCCC2)n1-c1ccccc1)c1ccc(F)cc1. The van der Waals surface area contributed by atoms with Gasteiger partial charge in [0.15, 0.2) is 11.0 Å². The van der Waals surface area contributed by atoms with E-state index in [1.165, 1.54) is 43.2 Å². The predicted octanol–water partition coefficient (Wildman–Crippen LogP) is 4.36. The Morgan fingerprint density at radius 3 is 2.50 bits per heavy atom. The summed E-state index contributed by atoms with van der Waals surface area (Å²) in [4.78, 5) is 15.0. The number of carbonyl (C=O) groups is 1. The van der Waals surface area contributed by atoms with Crippen molar-refractivity contribution in [2.24, 2.45) is 0 Å². The number of carbonyl (C=O) groups excluding carboxylic acids is 1. The molecule has 0 saturated carbocycles. The number of nitrogens with one attached hydrogen (secondary N) is 1. The first-order chi connectivity index (χ1) is 15.6. The van der Waals surface area contributed by atoms with Gasteiger partial charge in [0.05, 0.1) is 18.3 Å². The van der Waals surface area contributed by atoms with Gasteiger partial charge in [-0.2, -0.15) is 0 Å². The second-order valence-corrected chi connectivity index (χ2v) is 8.98. The maximum Gasteiger partial charge on any atom is 0.230 e. The highest BCUT2D eigenvalue weighted by Gasteiger charge is 2.20. The van der Waals surface area contributed by atoms with Crippen LogP contribution in [0.3, 0.4) is 0 Å². The molecule has 1 atom stereocenters. The fraction of sp³-hybridized carbons (Fsp3) is 0.375. The molecule has 0 bridgehead atoms. The minimum absolute atomic E-state index is 0.105. The number of hydrogen-bond acceptors (Lipinski definition) is 5.